The maximum absolute atomic E-state index is 4.05. The second-order valence-corrected chi connectivity index (χ2v) is 3.51. The second-order valence-electron chi connectivity index (χ2n) is 3.51. The van der Waals surface area contributed by atoms with Gasteiger partial charge in [-0.25, -0.2) is 0 Å². The maximum Gasteiger partial charge on any atom is 0.0300 e. The Labute approximate surface area is 85.2 Å². The highest BCUT2D eigenvalue weighted by atomic mass is 14.8. The summed E-state index contributed by atoms with van der Waals surface area (Å²) < 4.78 is 0. The summed E-state index contributed by atoms with van der Waals surface area (Å²) in [7, 11) is 0. The van der Waals surface area contributed by atoms with Crippen LogP contribution >= 0.6 is 0 Å². The van der Waals surface area contributed by atoms with E-state index in [1.54, 1.807) is 0 Å². The van der Waals surface area contributed by atoms with Crippen LogP contribution in [0.4, 0.5) is 0 Å². The van der Waals surface area contributed by atoms with E-state index in [2.05, 4.69) is 41.7 Å². The minimum Gasteiger partial charge on any atom is -0.264 e. The van der Waals surface area contributed by atoms with Crippen molar-refractivity contribution < 1.29 is 0 Å². The highest BCUT2D eigenvalue weighted by Crippen LogP contribution is 2.13. The average molecular weight is 184 g/mol. The topological polar surface area (TPSA) is 14.1 Å². The Kier molecular flexibility index (Phi) is 3.02. The van der Waals surface area contributed by atoms with Crippen LogP contribution in [-0.4, -0.2) is 0 Å². The fraction of sp³-hybridized carbons (Fsp3) is 0.231. The van der Waals surface area contributed by atoms with Crippen molar-refractivity contribution in [2.75, 3.05) is 0 Å². The molecule has 1 aromatic rings. The Hall–Kier alpha value is -1.50. The fourth-order valence-electron chi connectivity index (χ4n) is 1.61. The van der Waals surface area contributed by atoms with Crippen molar-refractivity contribution >= 4 is 0 Å². The summed E-state index contributed by atoms with van der Waals surface area (Å²) in [5.41, 5.74) is 2.77. The zero-order valence-corrected chi connectivity index (χ0v) is 8.19. The van der Waals surface area contributed by atoms with Crippen LogP contribution in [0.5, 0.6) is 0 Å². The molecule has 1 heterocycles. The van der Waals surface area contributed by atoms with Crippen molar-refractivity contribution in [3.05, 3.63) is 59.9 Å². The number of nitrogens with zero attached hydrogens (tertiary/aromatic N) is 1. The number of hydrogen-bond acceptors (Lipinski definition) is 0. The van der Waals surface area contributed by atoms with Gasteiger partial charge in [-0.2, -0.15) is 0 Å². The fourth-order valence-corrected chi connectivity index (χ4v) is 1.61. The van der Waals surface area contributed by atoms with E-state index < -0.39 is 0 Å². The highest BCUT2D eigenvalue weighted by Gasteiger charge is 1.98. The summed E-state index contributed by atoms with van der Waals surface area (Å²) in [6.45, 7) is 0. The lowest BCUT2D eigenvalue weighted by molar-refractivity contribution is 0.823. The van der Waals surface area contributed by atoms with Crippen molar-refractivity contribution in [3.8, 4) is 0 Å². The molecule has 0 N–H and O–H groups in total. The van der Waals surface area contributed by atoms with Crippen LogP contribution in [0.1, 0.15) is 18.4 Å². The minimum atomic E-state index is 1.13. The molecular formula is C13H14N. The van der Waals surface area contributed by atoms with Crippen LogP contribution in [0.25, 0.3) is 0 Å². The Morgan fingerprint density at radius 1 is 1.00 bits per heavy atom. The molecule has 71 valence electrons. The van der Waals surface area contributed by atoms with E-state index in [-0.39, 0.29) is 0 Å². The molecule has 0 spiro atoms. The zero-order chi connectivity index (χ0) is 9.64. The molecule has 14 heavy (non-hydrogen) atoms. The maximum atomic E-state index is 4.05. The van der Waals surface area contributed by atoms with Crippen LogP contribution in [0.15, 0.2) is 54.4 Å². The molecular weight excluding hydrogens is 170 g/mol. The SMILES string of the molecule is C1=CC(CCCc2ccccc2)=C[N]1. The molecule has 1 radical (unpaired) electrons. The standard InChI is InChI=1S/C13H14N/c1-2-5-12(6-3-1)7-4-8-13-9-10-14-11-13/h1-3,5-6,9-11H,4,7-8H2. The third-order valence-corrected chi connectivity index (χ3v) is 2.39. The molecule has 1 nitrogen and oxygen atoms in total. The number of rotatable bonds is 4. The Balaban J connectivity index is 1.76. The molecule has 0 saturated heterocycles. The molecule has 0 bridgehead atoms. The van der Waals surface area contributed by atoms with Gasteiger partial charge in [0, 0.05) is 12.4 Å². The van der Waals surface area contributed by atoms with E-state index in [0.29, 0.717) is 0 Å². The van der Waals surface area contributed by atoms with E-state index in [4.69, 9.17) is 0 Å². The van der Waals surface area contributed by atoms with Gasteiger partial charge in [0.05, 0.1) is 0 Å². The summed E-state index contributed by atoms with van der Waals surface area (Å²) in [6.07, 6.45) is 9.39. The smallest absolute Gasteiger partial charge is 0.0300 e. The lowest BCUT2D eigenvalue weighted by Gasteiger charge is -2.00. The van der Waals surface area contributed by atoms with E-state index in [9.17, 15) is 0 Å². The molecule has 0 aliphatic carbocycles. The Bertz CT molecular complexity index is 336. The van der Waals surface area contributed by atoms with E-state index >= 15 is 0 Å². The molecule has 0 fully saturated rings. The van der Waals surface area contributed by atoms with Crippen LogP contribution in [0.2, 0.25) is 0 Å². The zero-order valence-electron chi connectivity index (χ0n) is 8.19. The third-order valence-electron chi connectivity index (χ3n) is 2.39. The number of hydrogen-bond donors (Lipinski definition) is 0. The van der Waals surface area contributed by atoms with Gasteiger partial charge in [-0.15, -0.1) is 0 Å². The van der Waals surface area contributed by atoms with Crippen LogP contribution in [0.3, 0.4) is 0 Å². The van der Waals surface area contributed by atoms with Gasteiger partial charge in [-0.05, 0) is 36.5 Å². The highest BCUT2D eigenvalue weighted by molar-refractivity contribution is 5.24. The number of aryl methyl sites for hydroxylation is 1. The van der Waals surface area contributed by atoms with Gasteiger partial charge in [0.15, 0.2) is 0 Å². The molecule has 1 heteroatoms. The quantitative estimate of drug-likeness (QED) is 0.683. The molecule has 1 aliphatic heterocycles. The molecule has 1 aromatic carbocycles. The van der Waals surface area contributed by atoms with Gasteiger partial charge >= 0.3 is 0 Å². The third kappa shape index (κ3) is 2.49. The largest absolute Gasteiger partial charge is 0.264 e. The van der Waals surface area contributed by atoms with Gasteiger partial charge in [0.2, 0.25) is 0 Å². The monoisotopic (exact) mass is 184 g/mol. The summed E-state index contributed by atoms with van der Waals surface area (Å²) >= 11 is 0. The van der Waals surface area contributed by atoms with E-state index in [1.807, 2.05) is 12.4 Å². The Morgan fingerprint density at radius 2 is 1.86 bits per heavy atom. The second kappa shape index (κ2) is 4.66. The van der Waals surface area contributed by atoms with Gasteiger partial charge in [-0.1, -0.05) is 30.3 Å². The van der Waals surface area contributed by atoms with Crippen LogP contribution < -0.4 is 5.32 Å². The molecule has 1 aliphatic rings. The van der Waals surface area contributed by atoms with E-state index in [0.717, 1.165) is 12.8 Å². The van der Waals surface area contributed by atoms with Gasteiger partial charge in [0.25, 0.3) is 0 Å². The van der Waals surface area contributed by atoms with Crippen molar-refractivity contribution in [2.24, 2.45) is 0 Å². The first-order valence-electron chi connectivity index (χ1n) is 5.04. The lowest BCUT2D eigenvalue weighted by atomic mass is 10.1. The van der Waals surface area contributed by atoms with E-state index in [1.165, 1.54) is 17.6 Å². The molecule has 2 rings (SSSR count). The van der Waals surface area contributed by atoms with Crippen molar-refractivity contribution in [3.63, 3.8) is 0 Å². The number of benzene rings is 1. The molecule has 0 amide bonds. The average Bonchev–Trinajstić information content (AvgIpc) is 2.72. The summed E-state index contributed by atoms with van der Waals surface area (Å²) in [5.74, 6) is 0. The molecule has 0 aromatic heterocycles. The molecule has 0 saturated carbocycles. The number of allylic oxidation sites excluding steroid dienone is 2. The van der Waals surface area contributed by atoms with Gasteiger partial charge < -0.3 is 0 Å². The van der Waals surface area contributed by atoms with Crippen molar-refractivity contribution in [1.29, 1.82) is 0 Å². The van der Waals surface area contributed by atoms with Crippen LogP contribution in [-0.2, 0) is 6.42 Å². The van der Waals surface area contributed by atoms with Crippen LogP contribution in [0, 0.1) is 0 Å². The molecule has 0 atom stereocenters. The lowest BCUT2D eigenvalue weighted by Crippen LogP contribution is -1.86. The Morgan fingerprint density at radius 3 is 2.57 bits per heavy atom. The van der Waals surface area contributed by atoms with Gasteiger partial charge in [0.1, 0.15) is 0 Å². The summed E-state index contributed by atoms with van der Waals surface area (Å²) in [6, 6.07) is 10.6. The summed E-state index contributed by atoms with van der Waals surface area (Å²) in [4.78, 5) is 0. The first kappa shape index (κ1) is 9.07. The first-order valence-corrected chi connectivity index (χ1v) is 5.04. The minimum absolute atomic E-state index is 1.13. The first-order chi connectivity index (χ1) is 6.95. The predicted molar refractivity (Wildman–Crippen MR) is 58.7 cm³/mol. The van der Waals surface area contributed by atoms with Crippen molar-refractivity contribution in [2.45, 2.75) is 19.3 Å². The normalized spacial score (nSPS) is 13.9. The van der Waals surface area contributed by atoms with Gasteiger partial charge in [-0.3, -0.25) is 5.32 Å². The van der Waals surface area contributed by atoms with Crippen molar-refractivity contribution in [1.82, 2.24) is 5.32 Å². The molecule has 0 unspecified atom stereocenters. The predicted octanol–water partition coefficient (Wildman–Crippen LogP) is 3.02. The summed E-state index contributed by atoms with van der Waals surface area (Å²) in [5, 5.41) is 4.05.